The van der Waals surface area contributed by atoms with Gasteiger partial charge in [0.15, 0.2) is 0 Å². The number of aromatic nitrogens is 2. The van der Waals surface area contributed by atoms with Gasteiger partial charge in [0.1, 0.15) is 29.5 Å². The SMILES string of the molecule is CC1CC(Cl)=CC=C1COc1ccc(-c2n[nH]c(C(F)(F)F)c2-c2cccc(C(N)=O)c2)c(O)c1. The van der Waals surface area contributed by atoms with Gasteiger partial charge in [-0.25, -0.2) is 0 Å². The molecule has 1 unspecified atom stereocenters. The number of nitrogens with one attached hydrogen (secondary N) is 1. The van der Waals surface area contributed by atoms with Gasteiger partial charge in [-0.05, 0) is 53.8 Å². The van der Waals surface area contributed by atoms with E-state index in [2.05, 4.69) is 5.10 Å². The molecule has 6 nitrogen and oxygen atoms in total. The Morgan fingerprint density at radius 2 is 2.03 bits per heavy atom. The highest BCUT2D eigenvalue weighted by atomic mass is 35.5. The molecule has 0 aliphatic heterocycles. The van der Waals surface area contributed by atoms with Crippen molar-refractivity contribution in [2.45, 2.75) is 19.5 Å². The standard InChI is InChI=1S/C25H21ClF3N3O3/c1-13-9-17(26)6-5-16(13)12-35-18-7-8-19(20(33)11-18)22-21(23(32-31-22)25(27,28)29)14-3-2-4-15(10-14)24(30)34/h2-8,10-11,13,33H,9,12H2,1H3,(H2,30,34)(H,31,32). The number of nitrogens with zero attached hydrogens (tertiary/aromatic N) is 1. The van der Waals surface area contributed by atoms with Crippen LogP contribution >= 0.6 is 11.6 Å². The van der Waals surface area contributed by atoms with Crippen molar-refractivity contribution in [1.82, 2.24) is 10.2 Å². The van der Waals surface area contributed by atoms with Crippen molar-refractivity contribution >= 4 is 17.5 Å². The van der Waals surface area contributed by atoms with Crippen LogP contribution in [0.5, 0.6) is 11.5 Å². The number of nitrogens with two attached hydrogens (primary N) is 1. The lowest BCUT2D eigenvalue weighted by Crippen LogP contribution is -2.11. The van der Waals surface area contributed by atoms with Gasteiger partial charge >= 0.3 is 6.18 Å². The third-order valence-electron chi connectivity index (χ3n) is 5.73. The van der Waals surface area contributed by atoms with Gasteiger partial charge in [0.2, 0.25) is 5.91 Å². The van der Waals surface area contributed by atoms with Crippen LogP contribution in [0.4, 0.5) is 13.2 Å². The summed E-state index contributed by atoms with van der Waals surface area (Å²) in [6, 6.07) is 9.76. The second-order valence-electron chi connectivity index (χ2n) is 8.19. The van der Waals surface area contributed by atoms with E-state index in [1.165, 1.54) is 42.5 Å². The van der Waals surface area contributed by atoms with Crippen molar-refractivity contribution < 1.29 is 27.8 Å². The molecule has 35 heavy (non-hydrogen) atoms. The highest BCUT2D eigenvalue weighted by molar-refractivity contribution is 6.29. The Morgan fingerprint density at radius 3 is 2.69 bits per heavy atom. The number of rotatable bonds is 6. The molecule has 4 rings (SSSR count). The summed E-state index contributed by atoms with van der Waals surface area (Å²) in [7, 11) is 0. The number of primary amides is 1. The van der Waals surface area contributed by atoms with E-state index in [1.807, 2.05) is 24.2 Å². The number of aromatic hydroxyl groups is 1. The Bertz CT molecular complexity index is 1350. The molecule has 10 heteroatoms. The first kappa shape index (κ1) is 24.4. The van der Waals surface area contributed by atoms with E-state index in [9.17, 15) is 23.1 Å². The second-order valence-corrected chi connectivity index (χ2v) is 8.68. The van der Waals surface area contributed by atoms with Gasteiger partial charge in [-0.2, -0.15) is 18.3 Å². The van der Waals surface area contributed by atoms with Crippen LogP contribution in [0, 0.1) is 5.92 Å². The molecule has 0 spiro atoms. The number of alkyl halides is 3. The maximum absolute atomic E-state index is 13.8. The quantitative estimate of drug-likeness (QED) is 0.382. The highest BCUT2D eigenvalue weighted by Crippen LogP contribution is 2.44. The maximum atomic E-state index is 13.8. The molecule has 1 amide bonds. The zero-order valence-electron chi connectivity index (χ0n) is 18.5. The molecule has 0 fully saturated rings. The molecule has 0 saturated heterocycles. The third kappa shape index (κ3) is 5.19. The van der Waals surface area contributed by atoms with Crippen molar-refractivity contribution in [3.05, 3.63) is 76.5 Å². The number of carbonyl (C=O) groups is 1. The van der Waals surface area contributed by atoms with Crippen LogP contribution in [0.1, 0.15) is 29.4 Å². The maximum Gasteiger partial charge on any atom is 0.433 e. The molecule has 0 radical (unpaired) electrons. The molecule has 3 aromatic rings. The lowest BCUT2D eigenvalue weighted by atomic mass is 9.94. The summed E-state index contributed by atoms with van der Waals surface area (Å²) in [6.45, 7) is 2.29. The van der Waals surface area contributed by atoms with Crippen LogP contribution in [0.2, 0.25) is 0 Å². The molecule has 1 aromatic heterocycles. The number of carbonyl (C=O) groups excluding carboxylic acids is 1. The number of H-pyrrole nitrogens is 1. The highest BCUT2D eigenvalue weighted by Gasteiger charge is 2.38. The molecule has 1 aliphatic rings. The Balaban J connectivity index is 1.69. The Hall–Kier alpha value is -3.72. The van der Waals surface area contributed by atoms with Gasteiger partial charge in [0.25, 0.3) is 0 Å². The number of allylic oxidation sites excluding steroid dienone is 3. The van der Waals surface area contributed by atoms with Crippen molar-refractivity contribution in [2.75, 3.05) is 6.61 Å². The molecular formula is C25H21ClF3N3O3. The summed E-state index contributed by atoms with van der Waals surface area (Å²) in [6.07, 6.45) is -0.351. The molecule has 182 valence electrons. The van der Waals surface area contributed by atoms with Gasteiger partial charge in [-0.15, -0.1) is 0 Å². The van der Waals surface area contributed by atoms with Gasteiger partial charge in [-0.1, -0.05) is 36.7 Å². The summed E-state index contributed by atoms with van der Waals surface area (Å²) < 4.78 is 47.0. The van der Waals surface area contributed by atoms with Crippen molar-refractivity contribution in [3.63, 3.8) is 0 Å². The van der Waals surface area contributed by atoms with Crippen LogP contribution < -0.4 is 10.5 Å². The summed E-state index contributed by atoms with van der Waals surface area (Å²) >= 11 is 6.04. The van der Waals surface area contributed by atoms with Crippen molar-refractivity contribution in [2.24, 2.45) is 11.7 Å². The molecule has 4 N–H and O–H groups in total. The Morgan fingerprint density at radius 1 is 1.26 bits per heavy atom. The first-order valence-corrected chi connectivity index (χ1v) is 11.0. The molecule has 0 bridgehead atoms. The van der Waals surface area contributed by atoms with Gasteiger partial charge < -0.3 is 15.6 Å². The summed E-state index contributed by atoms with van der Waals surface area (Å²) in [5.41, 5.74) is 4.93. The van der Waals surface area contributed by atoms with Gasteiger partial charge in [-0.3, -0.25) is 9.89 Å². The number of hydrogen-bond acceptors (Lipinski definition) is 4. The van der Waals surface area contributed by atoms with Crippen molar-refractivity contribution in [3.8, 4) is 33.9 Å². The number of benzene rings is 2. The van der Waals surface area contributed by atoms with Crippen LogP contribution in [0.15, 0.2) is 65.2 Å². The lowest BCUT2D eigenvalue weighted by molar-refractivity contribution is -0.140. The molecule has 0 saturated carbocycles. The van der Waals surface area contributed by atoms with Gasteiger partial charge in [0, 0.05) is 27.8 Å². The molecular weight excluding hydrogens is 483 g/mol. The van der Waals surface area contributed by atoms with E-state index in [1.54, 1.807) is 0 Å². The van der Waals surface area contributed by atoms with Crippen LogP contribution in [-0.4, -0.2) is 27.8 Å². The van der Waals surface area contributed by atoms with Crippen LogP contribution in [-0.2, 0) is 6.18 Å². The molecule has 1 atom stereocenters. The first-order chi connectivity index (χ1) is 16.5. The monoisotopic (exact) mass is 503 g/mol. The van der Waals surface area contributed by atoms with E-state index >= 15 is 0 Å². The fourth-order valence-corrected chi connectivity index (χ4v) is 4.16. The molecule has 1 heterocycles. The van der Waals surface area contributed by atoms with E-state index < -0.39 is 17.8 Å². The van der Waals surface area contributed by atoms with Crippen LogP contribution in [0.25, 0.3) is 22.4 Å². The second kappa shape index (κ2) is 9.50. The number of ether oxygens (including phenoxy) is 1. The fraction of sp³-hybridized carbons (Fsp3) is 0.200. The summed E-state index contributed by atoms with van der Waals surface area (Å²) in [5, 5.41) is 17.3. The number of amides is 1. The first-order valence-electron chi connectivity index (χ1n) is 10.6. The summed E-state index contributed by atoms with van der Waals surface area (Å²) in [5.74, 6) is -0.564. The Kier molecular flexibility index (Phi) is 6.62. The zero-order valence-corrected chi connectivity index (χ0v) is 19.2. The van der Waals surface area contributed by atoms with E-state index in [-0.39, 0.29) is 46.2 Å². The minimum Gasteiger partial charge on any atom is -0.507 e. The minimum atomic E-state index is -4.76. The smallest absolute Gasteiger partial charge is 0.433 e. The van der Waals surface area contributed by atoms with E-state index in [0.717, 1.165) is 10.6 Å². The average Bonchev–Trinajstić information content (AvgIpc) is 3.24. The molecule has 1 aliphatic carbocycles. The fourth-order valence-electron chi connectivity index (χ4n) is 3.86. The van der Waals surface area contributed by atoms with E-state index in [4.69, 9.17) is 22.1 Å². The average molecular weight is 504 g/mol. The number of halogens is 4. The largest absolute Gasteiger partial charge is 0.507 e. The van der Waals surface area contributed by atoms with E-state index in [0.29, 0.717) is 12.2 Å². The lowest BCUT2D eigenvalue weighted by Gasteiger charge is -2.19. The third-order valence-corrected chi connectivity index (χ3v) is 6.01. The van der Waals surface area contributed by atoms with Gasteiger partial charge in [0.05, 0.1) is 0 Å². The number of aromatic amines is 1. The summed E-state index contributed by atoms with van der Waals surface area (Å²) in [4.78, 5) is 11.6. The zero-order chi connectivity index (χ0) is 25.3. The normalized spacial score (nSPS) is 16.0. The predicted octanol–water partition coefficient (Wildman–Crippen LogP) is 6.03. The number of hydrogen-bond donors (Lipinski definition) is 3. The number of phenols is 1. The minimum absolute atomic E-state index is 0.0399. The van der Waals surface area contributed by atoms with Crippen molar-refractivity contribution in [1.29, 1.82) is 0 Å². The number of phenolic OH excluding ortho intramolecular Hbond substituents is 1. The van der Waals surface area contributed by atoms with Crippen LogP contribution in [0.3, 0.4) is 0 Å². The topological polar surface area (TPSA) is 101 Å². The predicted molar refractivity (Wildman–Crippen MR) is 126 cm³/mol. The molecule has 2 aromatic carbocycles. The Labute approximate surface area is 203 Å².